The summed E-state index contributed by atoms with van der Waals surface area (Å²) >= 11 is 1.45. The molecule has 0 saturated carbocycles. The van der Waals surface area contributed by atoms with Crippen LogP contribution < -0.4 is 5.32 Å². The summed E-state index contributed by atoms with van der Waals surface area (Å²) in [5, 5.41) is 2.61. The minimum absolute atomic E-state index is 0.0707. The first-order valence-corrected chi connectivity index (χ1v) is 6.68. The van der Waals surface area contributed by atoms with Crippen molar-refractivity contribution < 1.29 is 14.3 Å². The second-order valence-corrected chi connectivity index (χ2v) is 4.69. The van der Waals surface area contributed by atoms with Crippen molar-refractivity contribution in [3.8, 4) is 12.3 Å². The highest BCUT2D eigenvalue weighted by Gasteiger charge is 2.08. The van der Waals surface area contributed by atoms with Crippen LogP contribution in [0.3, 0.4) is 0 Å². The van der Waals surface area contributed by atoms with Crippen molar-refractivity contribution in [2.45, 2.75) is 11.2 Å². The standard InChI is InChI=1S/C14H17NO3S/c1-4-9-15-13(16)10-19-12-7-5-11(6-8-12)14(17-2)18-3/h1,5-8,14H,9-10H2,2-3H3,(H,15,16). The molecular weight excluding hydrogens is 262 g/mol. The molecule has 0 aliphatic carbocycles. The number of carbonyl (C=O) groups excluding carboxylic acids is 1. The highest BCUT2D eigenvalue weighted by molar-refractivity contribution is 8.00. The van der Waals surface area contributed by atoms with Crippen LogP contribution in [-0.4, -0.2) is 32.4 Å². The lowest BCUT2D eigenvalue weighted by Gasteiger charge is -2.13. The monoisotopic (exact) mass is 279 g/mol. The Hall–Kier alpha value is -1.48. The predicted octanol–water partition coefficient (Wildman–Crippen LogP) is 1.82. The first-order chi connectivity index (χ1) is 9.21. The topological polar surface area (TPSA) is 47.6 Å². The SMILES string of the molecule is C#CCNC(=O)CSc1ccc(C(OC)OC)cc1. The van der Waals surface area contributed by atoms with Crippen molar-refractivity contribution in [3.05, 3.63) is 29.8 Å². The number of hydrogen-bond acceptors (Lipinski definition) is 4. The van der Waals surface area contributed by atoms with Gasteiger partial charge in [-0.25, -0.2) is 0 Å². The summed E-state index contributed by atoms with van der Waals surface area (Å²) < 4.78 is 10.3. The zero-order valence-corrected chi connectivity index (χ0v) is 11.8. The molecule has 0 heterocycles. The maximum atomic E-state index is 11.4. The van der Waals surface area contributed by atoms with Crippen LogP contribution in [0.1, 0.15) is 11.9 Å². The molecule has 102 valence electrons. The molecule has 0 radical (unpaired) electrons. The number of methoxy groups -OCH3 is 2. The van der Waals surface area contributed by atoms with Crippen molar-refractivity contribution in [3.63, 3.8) is 0 Å². The van der Waals surface area contributed by atoms with Gasteiger partial charge in [-0.1, -0.05) is 18.1 Å². The first kappa shape index (κ1) is 15.6. The van der Waals surface area contributed by atoms with Gasteiger partial charge < -0.3 is 14.8 Å². The average Bonchev–Trinajstić information content (AvgIpc) is 2.45. The van der Waals surface area contributed by atoms with Gasteiger partial charge in [0.2, 0.25) is 5.91 Å². The second-order valence-electron chi connectivity index (χ2n) is 3.64. The molecule has 0 aliphatic heterocycles. The Kier molecular flexibility index (Phi) is 7.04. The minimum atomic E-state index is -0.363. The van der Waals surface area contributed by atoms with E-state index < -0.39 is 0 Å². The molecule has 0 bridgehead atoms. The Morgan fingerprint density at radius 2 is 2.00 bits per heavy atom. The average molecular weight is 279 g/mol. The second kappa shape index (κ2) is 8.59. The normalized spacial score (nSPS) is 10.2. The van der Waals surface area contributed by atoms with E-state index in [0.29, 0.717) is 5.75 Å². The van der Waals surface area contributed by atoms with Crippen LogP contribution in [0, 0.1) is 12.3 Å². The van der Waals surface area contributed by atoms with Gasteiger partial charge in [0.15, 0.2) is 6.29 Å². The molecule has 0 aliphatic rings. The van der Waals surface area contributed by atoms with Crippen LogP contribution in [0.4, 0.5) is 0 Å². The van der Waals surface area contributed by atoms with Crippen LogP contribution in [-0.2, 0) is 14.3 Å². The molecular formula is C14H17NO3S. The van der Waals surface area contributed by atoms with Gasteiger partial charge in [0, 0.05) is 24.7 Å². The smallest absolute Gasteiger partial charge is 0.231 e. The van der Waals surface area contributed by atoms with E-state index in [1.54, 1.807) is 14.2 Å². The maximum absolute atomic E-state index is 11.4. The van der Waals surface area contributed by atoms with Gasteiger partial charge in [0.25, 0.3) is 0 Å². The zero-order valence-electron chi connectivity index (χ0n) is 11.0. The van der Waals surface area contributed by atoms with Crippen molar-refractivity contribution in [1.29, 1.82) is 0 Å². The lowest BCUT2D eigenvalue weighted by Crippen LogP contribution is -2.25. The molecule has 0 saturated heterocycles. The lowest BCUT2D eigenvalue weighted by atomic mass is 10.2. The molecule has 0 spiro atoms. The Labute approximate surface area is 117 Å². The Morgan fingerprint density at radius 3 is 2.53 bits per heavy atom. The van der Waals surface area contributed by atoms with Crippen molar-refractivity contribution in [2.75, 3.05) is 26.5 Å². The summed E-state index contributed by atoms with van der Waals surface area (Å²) in [6.45, 7) is 0.266. The minimum Gasteiger partial charge on any atom is -0.352 e. The number of thioether (sulfide) groups is 1. The number of ether oxygens (including phenoxy) is 2. The van der Waals surface area contributed by atoms with Gasteiger partial charge in [-0.05, 0) is 12.1 Å². The highest BCUT2D eigenvalue weighted by atomic mass is 32.2. The molecule has 19 heavy (non-hydrogen) atoms. The largest absolute Gasteiger partial charge is 0.352 e. The number of terminal acetylenes is 1. The summed E-state index contributed by atoms with van der Waals surface area (Å²) in [6.07, 6.45) is 4.70. The van der Waals surface area contributed by atoms with Crippen LogP contribution in [0.25, 0.3) is 0 Å². The molecule has 5 heteroatoms. The number of rotatable bonds is 7. The van der Waals surface area contributed by atoms with Gasteiger partial charge in [0.05, 0.1) is 12.3 Å². The molecule has 0 fully saturated rings. The van der Waals surface area contributed by atoms with Crippen LogP contribution in [0.5, 0.6) is 0 Å². The summed E-state index contributed by atoms with van der Waals surface area (Å²) in [7, 11) is 3.18. The van der Waals surface area contributed by atoms with Gasteiger partial charge in [-0.3, -0.25) is 4.79 Å². The first-order valence-electron chi connectivity index (χ1n) is 5.69. The lowest BCUT2D eigenvalue weighted by molar-refractivity contribution is -0.118. The third-order valence-electron chi connectivity index (χ3n) is 2.34. The Bertz CT molecular complexity index is 435. The number of nitrogens with one attached hydrogen (secondary N) is 1. The van der Waals surface area contributed by atoms with E-state index in [9.17, 15) is 4.79 Å². The predicted molar refractivity (Wildman–Crippen MR) is 75.8 cm³/mol. The molecule has 0 aromatic heterocycles. The molecule has 4 nitrogen and oxygen atoms in total. The zero-order chi connectivity index (χ0) is 14.1. The van der Waals surface area contributed by atoms with E-state index in [4.69, 9.17) is 15.9 Å². The highest BCUT2D eigenvalue weighted by Crippen LogP contribution is 2.22. The van der Waals surface area contributed by atoms with Crippen molar-refractivity contribution >= 4 is 17.7 Å². The quantitative estimate of drug-likeness (QED) is 0.470. The van der Waals surface area contributed by atoms with Gasteiger partial charge in [-0.15, -0.1) is 18.2 Å². The summed E-state index contributed by atoms with van der Waals surface area (Å²) in [4.78, 5) is 12.4. The fourth-order valence-electron chi connectivity index (χ4n) is 1.44. The summed E-state index contributed by atoms with van der Waals surface area (Å²) in [6, 6.07) is 7.69. The van der Waals surface area contributed by atoms with E-state index >= 15 is 0 Å². The fourth-order valence-corrected chi connectivity index (χ4v) is 2.17. The number of carbonyl (C=O) groups is 1. The van der Waals surface area contributed by atoms with Gasteiger partial charge in [-0.2, -0.15) is 0 Å². The number of hydrogen-bond donors (Lipinski definition) is 1. The van der Waals surface area contributed by atoms with Crippen molar-refractivity contribution in [2.24, 2.45) is 0 Å². The molecule has 0 atom stereocenters. The maximum Gasteiger partial charge on any atom is 0.231 e. The molecule has 1 N–H and O–H groups in total. The van der Waals surface area contributed by atoms with Gasteiger partial charge in [0.1, 0.15) is 0 Å². The van der Waals surface area contributed by atoms with Crippen LogP contribution in [0.2, 0.25) is 0 Å². The fraction of sp³-hybridized carbons (Fsp3) is 0.357. The summed E-state index contributed by atoms with van der Waals surface area (Å²) in [5.41, 5.74) is 0.936. The van der Waals surface area contributed by atoms with Crippen molar-refractivity contribution in [1.82, 2.24) is 5.32 Å². The van der Waals surface area contributed by atoms with E-state index in [1.807, 2.05) is 24.3 Å². The van der Waals surface area contributed by atoms with Gasteiger partial charge >= 0.3 is 0 Å². The molecule has 1 rings (SSSR count). The third kappa shape index (κ3) is 5.35. The number of benzene rings is 1. The van der Waals surface area contributed by atoms with E-state index in [-0.39, 0.29) is 18.7 Å². The number of amides is 1. The molecule has 0 unspecified atom stereocenters. The van der Waals surface area contributed by atoms with E-state index in [1.165, 1.54) is 11.8 Å². The Morgan fingerprint density at radius 1 is 1.37 bits per heavy atom. The molecule has 1 aromatic rings. The summed E-state index contributed by atoms with van der Waals surface area (Å²) in [5.74, 6) is 2.64. The third-order valence-corrected chi connectivity index (χ3v) is 3.35. The molecule has 1 amide bonds. The van der Waals surface area contributed by atoms with E-state index in [2.05, 4.69) is 11.2 Å². The van der Waals surface area contributed by atoms with Crippen LogP contribution >= 0.6 is 11.8 Å². The van der Waals surface area contributed by atoms with E-state index in [0.717, 1.165) is 10.5 Å². The van der Waals surface area contributed by atoms with Crippen LogP contribution in [0.15, 0.2) is 29.2 Å². The Balaban J connectivity index is 2.48. The molecule has 1 aromatic carbocycles.